The normalized spacial score (nSPS) is 12.1. The minimum atomic E-state index is -0.590. The van der Waals surface area contributed by atoms with E-state index in [1.807, 2.05) is 0 Å². The second-order valence-electron chi connectivity index (χ2n) is 2.83. The minimum absolute atomic E-state index is 0.545. The van der Waals surface area contributed by atoms with E-state index in [0.717, 1.165) is 0 Å². The van der Waals surface area contributed by atoms with Crippen LogP contribution in [0, 0.1) is 0 Å². The number of carbonyl (C=O) groups is 1. The number of nitrogen functional groups attached to an aromatic ring is 1. The summed E-state index contributed by atoms with van der Waals surface area (Å²) in [5.74, 6) is 0.615. The fourth-order valence-electron chi connectivity index (χ4n) is 1.20. The number of anilines is 1. The van der Waals surface area contributed by atoms with Crippen LogP contribution in [0.4, 0.5) is 5.69 Å². The van der Waals surface area contributed by atoms with Crippen LogP contribution in [-0.4, -0.2) is 20.5 Å². The molecule has 0 aliphatic carbocycles. The Kier molecular flexibility index (Phi) is 3.48. The van der Waals surface area contributed by atoms with Crippen molar-refractivity contribution in [3.8, 4) is 5.75 Å². The van der Waals surface area contributed by atoms with E-state index < -0.39 is 6.10 Å². The van der Waals surface area contributed by atoms with Crippen molar-refractivity contribution < 1.29 is 14.3 Å². The van der Waals surface area contributed by atoms with Gasteiger partial charge in [0.05, 0.1) is 7.11 Å². The zero-order valence-corrected chi connectivity index (χ0v) is 8.19. The summed E-state index contributed by atoms with van der Waals surface area (Å²) in [4.78, 5) is 10.6. The molecule has 0 aliphatic heterocycles. The molecule has 0 amide bonds. The maximum absolute atomic E-state index is 10.6. The highest BCUT2D eigenvalue weighted by atomic mass is 16.5. The van der Waals surface area contributed by atoms with Crippen LogP contribution in [0.3, 0.4) is 0 Å². The van der Waals surface area contributed by atoms with Gasteiger partial charge >= 0.3 is 0 Å². The second-order valence-corrected chi connectivity index (χ2v) is 2.83. The lowest BCUT2D eigenvalue weighted by Crippen LogP contribution is -2.03. The Bertz CT molecular complexity index is 325. The molecule has 0 saturated heterocycles. The highest BCUT2D eigenvalue weighted by Gasteiger charge is 2.10. The van der Waals surface area contributed by atoms with Crippen molar-refractivity contribution in [1.29, 1.82) is 0 Å². The molecule has 4 heteroatoms. The van der Waals surface area contributed by atoms with Gasteiger partial charge in [0.25, 0.3) is 0 Å². The van der Waals surface area contributed by atoms with Gasteiger partial charge in [0.15, 0.2) is 6.29 Å². The Morgan fingerprint density at radius 2 is 2.07 bits per heavy atom. The number of nitrogens with two attached hydrogens (primary N) is 1. The van der Waals surface area contributed by atoms with Gasteiger partial charge in [-0.25, -0.2) is 0 Å². The summed E-state index contributed by atoms with van der Waals surface area (Å²) in [7, 11) is 3.01. The van der Waals surface area contributed by atoms with E-state index in [0.29, 0.717) is 23.3 Å². The number of aldehydes is 1. The van der Waals surface area contributed by atoms with Crippen LogP contribution < -0.4 is 10.5 Å². The Balaban J connectivity index is 3.07. The molecule has 1 aromatic carbocycles. The maximum Gasteiger partial charge on any atom is 0.153 e. The molecule has 1 unspecified atom stereocenters. The lowest BCUT2D eigenvalue weighted by molar-refractivity contribution is -0.116. The fourth-order valence-corrected chi connectivity index (χ4v) is 1.20. The number of benzene rings is 1. The number of methoxy groups -OCH3 is 2. The van der Waals surface area contributed by atoms with Gasteiger partial charge in [-0.1, -0.05) is 0 Å². The van der Waals surface area contributed by atoms with Crippen molar-refractivity contribution in [2.75, 3.05) is 20.0 Å². The first-order valence-electron chi connectivity index (χ1n) is 4.13. The first-order valence-corrected chi connectivity index (χ1v) is 4.13. The molecule has 4 nitrogen and oxygen atoms in total. The van der Waals surface area contributed by atoms with Crippen LogP contribution >= 0.6 is 0 Å². The Hall–Kier alpha value is -1.55. The zero-order chi connectivity index (χ0) is 10.6. The molecule has 76 valence electrons. The SMILES string of the molecule is COc1cc(N)cc(C(C=O)OC)c1. The summed E-state index contributed by atoms with van der Waals surface area (Å²) in [5, 5.41) is 0. The minimum Gasteiger partial charge on any atom is -0.497 e. The average Bonchev–Trinajstić information content (AvgIpc) is 2.19. The van der Waals surface area contributed by atoms with Crippen molar-refractivity contribution in [3.05, 3.63) is 23.8 Å². The Labute approximate surface area is 82.6 Å². The second kappa shape index (κ2) is 4.62. The third kappa shape index (κ3) is 2.23. The fraction of sp³-hybridized carbons (Fsp3) is 0.300. The summed E-state index contributed by atoms with van der Waals surface area (Å²) in [6.07, 6.45) is 0.126. The van der Waals surface area contributed by atoms with Crippen molar-refractivity contribution in [1.82, 2.24) is 0 Å². The molecule has 0 bridgehead atoms. The number of carbonyl (C=O) groups excluding carboxylic acids is 1. The van der Waals surface area contributed by atoms with Crippen LogP contribution in [0.25, 0.3) is 0 Å². The number of hydrogen-bond donors (Lipinski definition) is 1. The van der Waals surface area contributed by atoms with E-state index in [2.05, 4.69) is 0 Å². The van der Waals surface area contributed by atoms with E-state index in [9.17, 15) is 4.79 Å². The highest BCUT2D eigenvalue weighted by Crippen LogP contribution is 2.23. The standard InChI is InChI=1S/C10H13NO3/c1-13-9-4-7(3-8(11)5-9)10(6-12)14-2/h3-6,10H,11H2,1-2H3. The third-order valence-electron chi connectivity index (χ3n) is 1.89. The van der Waals surface area contributed by atoms with Crippen molar-refractivity contribution in [2.24, 2.45) is 0 Å². The van der Waals surface area contributed by atoms with Crippen LogP contribution in [0.1, 0.15) is 11.7 Å². The van der Waals surface area contributed by atoms with E-state index in [4.69, 9.17) is 15.2 Å². The van der Waals surface area contributed by atoms with Gasteiger partial charge in [-0.15, -0.1) is 0 Å². The number of rotatable bonds is 4. The van der Waals surface area contributed by atoms with Gasteiger partial charge < -0.3 is 20.0 Å². The molecule has 0 aliphatic rings. The van der Waals surface area contributed by atoms with Crippen molar-refractivity contribution in [2.45, 2.75) is 6.10 Å². The maximum atomic E-state index is 10.6. The summed E-state index contributed by atoms with van der Waals surface area (Å²) >= 11 is 0. The predicted octanol–water partition coefficient (Wildman–Crippen LogP) is 1.16. The first-order chi connectivity index (χ1) is 6.71. The molecule has 2 N–H and O–H groups in total. The molecular formula is C10H13NO3. The number of hydrogen-bond acceptors (Lipinski definition) is 4. The van der Waals surface area contributed by atoms with Gasteiger partial charge in [-0.2, -0.15) is 0 Å². The van der Waals surface area contributed by atoms with Gasteiger partial charge in [-0.05, 0) is 17.7 Å². The summed E-state index contributed by atoms with van der Waals surface area (Å²) < 4.78 is 9.98. The largest absolute Gasteiger partial charge is 0.497 e. The lowest BCUT2D eigenvalue weighted by atomic mass is 10.1. The first kappa shape index (κ1) is 10.5. The summed E-state index contributed by atoms with van der Waals surface area (Å²) in [5.41, 5.74) is 6.87. The average molecular weight is 195 g/mol. The molecular weight excluding hydrogens is 182 g/mol. The van der Waals surface area contributed by atoms with E-state index in [1.165, 1.54) is 7.11 Å². The van der Waals surface area contributed by atoms with Gasteiger partial charge in [0.1, 0.15) is 11.9 Å². The van der Waals surface area contributed by atoms with Crippen LogP contribution in [0.15, 0.2) is 18.2 Å². The topological polar surface area (TPSA) is 61.5 Å². The smallest absolute Gasteiger partial charge is 0.153 e. The van der Waals surface area contributed by atoms with Gasteiger partial charge in [0, 0.05) is 18.9 Å². The highest BCUT2D eigenvalue weighted by molar-refractivity contribution is 5.62. The number of ether oxygens (including phenoxy) is 2. The molecule has 1 aromatic rings. The van der Waals surface area contributed by atoms with E-state index in [-0.39, 0.29) is 0 Å². The van der Waals surface area contributed by atoms with Crippen LogP contribution in [0.2, 0.25) is 0 Å². The molecule has 0 spiro atoms. The third-order valence-corrected chi connectivity index (χ3v) is 1.89. The Morgan fingerprint density at radius 3 is 2.57 bits per heavy atom. The van der Waals surface area contributed by atoms with Crippen LogP contribution in [-0.2, 0) is 9.53 Å². The molecule has 0 radical (unpaired) electrons. The molecule has 1 atom stereocenters. The molecule has 0 aromatic heterocycles. The quantitative estimate of drug-likeness (QED) is 0.578. The molecule has 14 heavy (non-hydrogen) atoms. The zero-order valence-electron chi connectivity index (χ0n) is 8.19. The predicted molar refractivity (Wildman–Crippen MR) is 53.2 cm³/mol. The summed E-state index contributed by atoms with van der Waals surface area (Å²) in [6.45, 7) is 0. The Morgan fingerprint density at radius 1 is 1.36 bits per heavy atom. The molecule has 0 saturated carbocycles. The molecule has 0 fully saturated rings. The van der Waals surface area contributed by atoms with E-state index in [1.54, 1.807) is 25.3 Å². The van der Waals surface area contributed by atoms with Gasteiger partial charge in [-0.3, -0.25) is 0 Å². The molecule has 0 heterocycles. The summed E-state index contributed by atoms with van der Waals surface area (Å²) in [6, 6.07) is 5.09. The van der Waals surface area contributed by atoms with Crippen molar-refractivity contribution in [3.63, 3.8) is 0 Å². The lowest BCUT2D eigenvalue weighted by Gasteiger charge is -2.11. The van der Waals surface area contributed by atoms with Gasteiger partial charge in [0.2, 0.25) is 0 Å². The monoisotopic (exact) mass is 195 g/mol. The van der Waals surface area contributed by atoms with Crippen molar-refractivity contribution >= 4 is 12.0 Å². The van der Waals surface area contributed by atoms with Crippen LogP contribution in [0.5, 0.6) is 5.75 Å². The molecule has 1 rings (SSSR count). The van der Waals surface area contributed by atoms with E-state index >= 15 is 0 Å².